The number of unbranched alkanes of at least 4 members (excludes halogenated alkanes) is 2. The van der Waals surface area contributed by atoms with Gasteiger partial charge in [-0.3, -0.25) is 14.6 Å². The Labute approximate surface area is 129 Å². The van der Waals surface area contributed by atoms with Crippen molar-refractivity contribution in [3.8, 4) is 0 Å². The summed E-state index contributed by atoms with van der Waals surface area (Å²) in [6.45, 7) is 9.22. The molecule has 2 heterocycles. The molecule has 2 bridgehead atoms. The Morgan fingerprint density at radius 1 is 1.14 bits per heavy atom. The van der Waals surface area contributed by atoms with Crippen LogP contribution in [-0.2, 0) is 4.79 Å². The molecule has 0 aliphatic carbocycles. The molecule has 21 heavy (non-hydrogen) atoms. The number of likely N-dealkylation sites (tertiary alicyclic amines) is 2. The fraction of sp³-hybridized carbons (Fsp3) is 0.941. The van der Waals surface area contributed by atoms with Gasteiger partial charge in [0.2, 0.25) is 0 Å². The van der Waals surface area contributed by atoms with E-state index in [-0.39, 0.29) is 6.54 Å². The Bertz CT molecular complexity index is 351. The molecule has 4 heteroatoms. The lowest BCUT2D eigenvalue weighted by molar-refractivity contribution is -0.139. The van der Waals surface area contributed by atoms with Crippen LogP contribution in [0.25, 0.3) is 0 Å². The van der Waals surface area contributed by atoms with Crippen LogP contribution in [0.4, 0.5) is 0 Å². The maximum absolute atomic E-state index is 10.9. The number of carbonyl (C=O) groups is 1. The molecule has 2 fully saturated rings. The van der Waals surface area contributed by atoms with Crippen LogP contribution in [0.3, 0.4) is 0 Å². The van der Waals surface area contributed by atoms with Crippen LogP contribution in [0.2, 0.25) is 0 Å². The highest BCUT2D eigenvalue weighted by molar-refractivity contribution is 5.69. The highest BCUT2D eigenvalue weighted by atomic mass is 16.4. The Balaban J connectivity index is 1.98. The van der Waals surface area contributed by atoms with Crippen LogP contribution in [0.1, 0.15) is 65.7 Å². The molecule has 0 aromatic rings. The Morgan fingerprint density at radius 3 is 2.19 bits per heavy atom. The average Bonchev–Trinajstić information content (AvgIpc) is 3.02. The highest BCUT2D eigenvalue weighted by Crippen LogP contribution is 2.39. The number of carboxylic acid groups (broad SMARTS) is 1. The first-order valence-electron chi connectivity index (χ1n) is 8.72. The normalized spacial score (nSPS) is 26.6. The molecular weight excluding hydrogens is 264 g/mol. The Morgan fingerprint density at radius 2 is 1.76 bits per heavy atom. The number of aliphatic carboxylic acids is 1. The monoisotopic (exact) mass is 296 g/mol. The summed E-state index contributed by atoms with van der Waals surface area (Å²) in [7, 11) is 0. The van der Waals surface area contributed by atoms with Crippen LogP contribution in [0, 0.1) is 0 Å². The van der Waals surface area contributed by atoms with Crippen molar-refractivity contribution in [3.63, 3.8) is 0 Å². The van der Waals surface area contributed by atoms with Crippen molar-refractivity contribution >= 4 is 5.97 Å². The maximum atomic E-state index is 10.9. The van der Waals surface area contributed by atoms with E-state index >= 15 is 0 Å². The third kappa shape index (κ3) is 3.78. The van der Waals surface area contributed by atoms with Crippen molar-refractivity contribution in [2.24, 2.45) is 0 Å². The van der Waals surface area contributed by atoms with Crippen molar-refractivity contribution in [1.29, 1.82) is 0 Å². The summed E-state index contributed by atoms with van der Waals surface area (Å²) in [4.78, 5) is 15.8. The van der Waals surface area contributed by atoms with E-state index in [9.17, 15) is 4.79 Å². The Kier molecular flexibility index (Phi) is 5.67. The van der Waals surface area contributed by atoms with Crippen molar-refractivity contribution in [2.45, 2.75) is 83.3 Å². The molecule has 122 valence electrons. The fourth-order valence-electron chi connectivity index (χ4n) is 4.31. The molecule has 2 aliphatic rings. The van der Waals surface area contributed by atoms with Crippen molar-refractivity contribution < 1.29 is 9.90 Å². The first kappa shape index (κ1) is 16.8. The van der Waals surface area contributed by atoms with Gasteiger partial charge in [-0.05, 0) is 26.2 Å². The van der Waals surface area contributed by atoms with Gasteiger partial charge in [-0.25, -0.2) is 0 Å². The van der Waals surface area contributed by atoms with E-state index in [1.807, 2.05) is 0 Å². The second-order valence-corrected chi connectivity index (χ2v) is 7.22. The second-order valence-electron chi connectivity index (χ2n) is 7.22. The number of carboxylic acids is 1. The predicted molar refractivity (Wildman–Crippen MR) is 85.6 cm³/mol. The largest absolute Gasteiger partial charge is 0.480 e. The van der Waals surface area contributed by atoms with E-state index < -0.39 is 5.97 Å². The van der Waals surface area contributed by atoms with E-state index in [1.54, 1.807) is 0 Å². The first-order chi connectivity index (χ1) is 10.00. The predicted octanol–water partition coefficient (Wildman–Crippen LogP) is 2.97. The second kappa shape index (κ2) is 7.10. The zero-order valence-electron chi connectivity index (χ0n) is 14.0. The SMILES string of the molecule is CCCCC(C)(CCCC)N1CC2CC1CN2CC(=O)O. The van der Waals surface area contributed by atoms with Crippen LogP contribution in [-0.4, -0.2) is 58.1 Å². The highest BCUT2D eigenvalue weighted by Gasteiger charge is 2.49. The van der Waals surface area contributed by atoms with Gasteiger partial charge >= 0.3 is 5.97 Å². The third-order valence-corrected chi connectivity index (χ3v) is 5.52. The van der Waals surface area contributed by atoms with E-state index in [0.717, 1.165) is 13.1 Å². The summed E-state index contributed by atoms with van der Waals surface area (Å²) in [5.74, 6) is -0.686. The van der Waals surface area contributed by atoms with Gasteiger partial charge < -0.3 is 5.11 Å². The van der Waals surface area contributed by atoms with Gasteiger partial charge in [0.25, 0.3) is 0 Å². The van der Waals surface area contributed by atoms with Gasteiger partial charge in [0, 0.05) is 30.7 Å². The average molecular weight is 296 g/mol. The number of nitrogens with zero attached hydrogens (tertiary/aromatic N) is 2. The van der Waals surface area contributed by atoms with Crippen LogP contribution in [0.15, 0.2) is 0 Å². The number of rotatable bonds is 9. The topological polar surface area (TPSA) is 43.8 Å². The standard InChI is InChI=1S/C17H32N2O2/c1-4-6-8-17(3,9-7-5-2)19-12-14-10-15(19)11-18(14)13-16(20)21/h14-15H,4-13H2,1-3H3,(H,20,21). The van der Waals surface area contributed by atoms with Crippen LogP contribution >= 0.6 is 0 Å². The molecule has 0 amide bonds. The summed E-state index contributed by atoms with van der Waals surface area (Å²) in [5, 5.41) is 9.00. The first-order valence-corrected chi connectivity index (χ1v) is 8.72. The van der Waals surface area contributed by atoms with Gasteiger partial charge in [0.15, 0.2) is 0 Å². The van der Waals surface area contributed by atoms with E-state index in [1.165, 1.54) is 44.9 Å². The summed E-state index contributed by atoms with van der Waals surface area (Å²) < 4.78 is 0. The van der Waals surface area contributed by atoms with Gasteiger partial charge in [0.1, 0.15) is 0 Å². The number of hydrogen-bond acceptors (Lipinski definition) is 3. The fourth-order valence-corrected chi connectivity index (χ4v) is 4.31. The van der Waals surface area contributed by atoms with E-state index in [0.29, 0.717) is 17.6 Å². The summed E-state index contributed by atoms with van der Waals surface area (Å²) in [6.07, 6.45) is 8.85. The van der Waals surface area contributed by atoms with E-state index in [2.05, 4.69) is 30.6 Å². The van der Waals surface area contributed by atoms with Gasteiger partial charge in [-0.1, -0.05) is 39.5 Å². The molecule has 2 rings (SSSR count). The van der Waals surface area contributed by atoms with Gasteiger partial charge in [-0.2, -0.15) is 0 Å². The third-order valence-electron chi connectivity index (χ3n) is 5.52. The van der Waals surface area contributed by atoms with Crippen LogP contribution < -0.4 is 0 Å². The van der Waals surface area contributed by atoms with Crippen molar-refractivity contribution in [3.05, 3.63) is 0 Å². The maximum Gasteiger partial charge on any atom is 0.317 e. The molecule has 0 saturated carbocycles. The van der Waals surface area contributed by atoms with Crippen molar-refractivity contribution in [1.82, 2.24) is 9.80 Å². The minimum atomic E-state index is -0.686. The molecule has 0 radical (unpaired) electrons. The van der Waals surface area contributed by atoms with Gasteiger partial charge in [-0.15, -0.1) is 0 Å². The molecule has 2 unspecified atom stereocenters. The summed E-state index contributed by atoms with van der Waals surface area (Å²) in [5.41, 5.74) is 0.320. The van der Waals surface area contributed by atoms with Gasteiger partial charge in [0.05, 0.1) is 6.54 Å². The minimum absolute atomic E-state index is 0.218. The molecule has 4 nitrogen and oxygen atoms in total. The number of piperazine rings is 1. The molecule has 1 N–H and O–H groups in total. The number of fused-ring (bicyclic) bond motifs is 2. The smallest absolute Gasteiger partial charge is 0.317 e. The summed E-state index contributed by atoms with van der Waals surface area (Å²) in [6, 6.07) is 1.04. The molecule has 0 aromatic heterocycles. The lowest BCUT2D eigenvalue weighted by atomic mass is 9.86. The lowest BCUT2D eigenvalue weighted by Crippen LogP contribution is -2.56. The lowest BCUT2D eigenvalue weighted by Gasteiger charge is -2.46. The molecule has 0 spiro atoms. The van der Waals surface area contributed by atoms with E-state index in [4.69, 9.17) is 5.11 Å². The number of hydrogen-bond donors (Lipinski definition) is 1. The molecule has 2 saturated heterocycles. The van der Waals surface area contributed by atoms with Crippen LogP contribution in [0.5, 0.6) is 0 Å². The quantitative estimate of drug-likeness (QED) is 0.710. The Hall–Kier alpha value is -0.610. The zero-order chi connectivity index (χ0) is 15.5. The minimum Gasteiger partial charge on any atom is -0.480 e. The molecule has 2 aliphatic heterocycles. The summed E-state index contributed by atoms with van der Waals surface area (Å²) >= 11 is 0. The zero-order valence-corrected chi connectivity index (χ0v) is 14.0. The molecule has 2 atom stereocenters. The van der Waals surface area contributed by atoms with Crippen molar-refractivity contribution in [2.75, 3.05) is 19.6 Å². The molecule has 0 aromatic carbocycles. The molecular formula is C17H32N2O2.